The van der Waals surface area contributed by atoms with Crippen molar-refractivity contribution >= 4 is 0 Å². The Kier molecular flexibility index (Phi) is 3.05. The van der Waals surface area contributed by atoms with Gasteiger partial charge in [0.15, 0.2) is 0 Å². The quantitative estimate of drug-likeness (QED) is 0.716. The highest BCUT2D eigenvalue weighted by Gasteiger charge is 2.66. The molecule has 4 aliphatic rings. The lowest BCUT2D eigenvalue weighted by molar-refractivity contribution is -0.195. The number of aliphatic hydroxyl groups excluding tert-OH is 2. The highest BCUT2D eigenvalue weighted by atomic mass is 16.3. The van der Waals surface area contributed by atoms with E-state index in [-0.39, 0.29) is 29.0 Å². The van der Waals surface area contributed by atoms with E-state index in [1.54, 1.807) is 0 Å². The van der Waals surface area contributed by atoms with Crippen LogP contribution in [0, 0.1) is 34.5 Å². The molecule has 2 nitrogen and oxygen atoms in total. The van der Waals surface area contributed by atoms with Gasteiger partial charge < -0.3 is 10.2 Å². The molecule has 0 bridgehead atoms. The van der Waals surface area contributed by atoms with Gasteiger partial charge in [-0.2, -0.15) is 0 Å². The van der Waals surface area contributed by atoms with Gasteiger partial charge in [0, 0.05) is 5.41 Å². The number of aliphatic hydroxyl groups is 2. The van der Waals surface area contributed by atoms with E-state index in [1.807, 2.05) is 0 Å². The molecule has 0 aromatic heterocycles. The summed E-state index contributed by atoms with van der Waals surface area (Å²) in [7, 11) is 0. The second-order valence-electron chi connectivity index (χ2n) is 9.04. The second kappa shape index (κ2) is 4.48. The van der Waals surface area contributed by atoms with Crippen LogP contribution in [0.3, 0.4) is 0 Å². The van der Waals surface area contributed by atoms with Gasteiger partial charge in [0.05, 0.1) is 12.2 Å². The summed E-state index contributed by atoms with van der Waals surface area (Å²) in [4.78, 5) is 0. The number of hydrogen-bond donors (Lipinski definition) is 2. The molecule has 8 atom stereocenters. The molecular formula is C20H30O2. The Morgan fingerprint density at radius 3 is 2.55 bits per heavy atom. The molecule has 2 fully saturated rings. The Morgan fingerprint density at radius 1 is 1.09 bits per heavy atom. The Hall–Kier alpha value is -0.600. The lowest BCUT2D eigenvalue weighted by Crippen LogP contribution is -2.62. The second-order valence-corrected chi connectivity index (χ2v) is 9.04. The van der Waals surface area contributed by atoms with Crippen molar-refractivity contribution in [2.75, 3.05) is 0 Å². The SMILES string of the molecule is CC1=CC[C@@H]2[C@H](C)C[C@H](O)[C@@H]3C[C@H](O)[C@@]4(C)CC=C1[C@H]4[C@@]23C. The van der Waals surface area contributed by atoms with E-state index in [0.717, 1.165) is 25.7 Å². The Labute approximate surface area is 134 Å². The lowest BCUT2D eigenvalue weighted by Gasteiger charge is -2.63. The van der Waals surface area contributed by atoms with Crippen molar-refractivity contribution in [3.63, 3.8) is 0 Å². The molecular weight excluding hydrogens is 272 g/mol. The zero-order valence-corrected chi connectivity index (χ0v) is 14.3. The van der Waals surface area contributed by atoms with Crippen molar-refractivity contribution in [3.8, 4) is 0 Å². The summed E-state index contributed by atoms with van der Waals surface area (Å²) in [5.41, 5.74) is 2.95. The Morgan fingerprint density at radius 2 is 1.82 bits per heavy atom. The average molecular weight is 302 g/mol. The van der Waals surface area contributed by atoms with Gasteiger partial charge in [0.25, 0.3) is 0 Å². The first-order valence-corrected chi connectivity index (χ1v) is 9.03. The van der Waals surface area contributed by atoms with Gasteiger partial charge in [-0.15, -0.1) is 0 Å². The van der Waals surface area contributed by atoms with E-state index in [1.165, 1.54) is 11.1 Å². The topological polar surface area (TPSA) is 40.5 Å². The van der Waals surface area contributed by atoms with Crippen LogP contribution in [0.15, 0.2) is 23.3 Å². The Balaban J connectivity index is 1.93. The summed E-state index contributed by atoms with van der Waals surface area (Å²) >= 11 is 0. The van der Waals surface area contributed by atoms with Gasteiger partial charge in [-0.3, -0.25) is 0 Å². The molecule has 0 aromatic rings. The largest absolute Gasteiger partial charge is 0.393 e. The molecule has 0 aliphatic heterocycles. The fourth-order valence-electron chi connectivity index (χ4n) is 6.95. The summed E-state index contributed by atoms with van der Waals surface area (Å²) in [5.74, 6) is 1.81. The van der Waals surface area contributed by atoms with Crippen LogP contribution in [0.4, 0.5) is 0 Å². The first kappa shape index (κ1) is 15.0. The number of allylic oxidation sites excluding steroid dienone is 4. The van der Waals surface area contributed by atoms with E-state index in [2.05, 4.69) is 39.8 Å². The molecule has 0 saturated heterocycles. The first-order valence-electron chi connectivity index (χ1n) is 9.03. The minimum Gasteiger partial charge on any atom is -0.393 e. The summed E-state index contributed by atoms with van der Waals surface area (Å²) < 4.78 is 0. The fraction of sp³-hybridized carbons (Fsp3) is 0.800. The van der Waals surface area contributed by atoms with Crippen LogP contribution in [0.1, 0.15) is 53.4 Å². The van der Waals surface area contributed by atoms with Crippen LogP contribution in [0.2, 0.25) is 0 Å². The molecule has 4 aliphatic carbocycles. The van der Waals surface area contributed by atoms with E-state index in [9.17, 15) is 10.2 Å². The number of rotatable bonds is 0. The highest BCUT2D eigenvalue weighted by molar-refractivity contribution is 5.42. The van der Waals surface area contributed by atoms with Gasteiger partial charge in [0.1, 0.15) is 0 Å². The predicted molar refractivity (Wildman–Crippen MR) is 88.2 cm³/mol. The number of hydrogen-bond acceptors (Lipinski definition) is 2. The molecule has 122 valence electrons. The summed E-state index contributed by atoms with van der Waals surface area (Å²) in [6, 6.07) is 0. The summed E-state index contributed by atoms with van der Waals surface area (Å²) in [6.45, 7) is 9.29. The van der Waals surface area contributed by atoms with E-state index < -0.39 is 0 Å². The molecule has 22 heavy (non-hydrogen) atoms. The first-order chi connectivity index (χ1) is 10.3. The summed E-state index contributed by atoms with van der Waals surface area (Å²) in [6.07, 6.45) is 8.06. The smallest absolute Gasteiger partial charge is 0.0606 e. The zero-order valence-electron chi connectivity index (χ0n) is 14.3. The normalized spacial score (nSPS) is 56.8. The maximum atomic E-state index is 10.9. The maximum absolute atomic E-state index is 10.9. The summed E-state index contributed by atoms with van der Waals surface area (Å²) in [5, 5.41) is 21.7. The van der Waals surface area contributed by atoms with E-state index in [0.29, 0.717) is 17.8 Å². The van der Waals surface area contributed by atoms with Crippen molar-refractivity contribution < 1.29 is 10.2 Å². The predicted octanol–water partition coefficient (Wildman–Crippen LogP) is 3.69. The van der Waals surface area contributed by atoms with Gasteiger partial charge in [0.2, 0.25) is 0 Å². The maximum Gasteiger partial charge on any atom is 0.0606 e. The van der Waals surface area contributed by atoms with E-state index >= 15 is 0 Å². The molecule has 0 unspecified atom stereocenters. The van der Waals surface area contributed by atoms with Crippen molar-refractivity contribution in [2.24, 2.45) is 34.5 Å². The molecule has 4 rings (SSSR count). The van der Waals surface area contributed by atoms with Crippen LogP contribution in [-0.2, 0) is 0 Å². The molecule has 0 radical (unpaired) electrons. The van der Waals surface area contributed by atoms with E-state index in [4.69, 9.17) is 0 Å². The lowest BCUT2D eigenvalue weighted by atomic mass is 9.42. The fourth-order valence-corrected chi connectivity index (χ4v) is 6.95. The van der Waals surface area contributed by atoms with Gasteiger partial charge in [-0.05, 0) is 67.3 Å². The van der Waals surface area contributed by atoms with Gasteiger partial charge in [-0.25, -0.2) is 0 Å². The highest BCUT2D eigenvalue weighted by Crippen LogP contribution is 2.69. The third-order valence-electron chi connectivity index (χ3n) is 8.09. The van der Waals surface area contributed by atoms with Crippen molar-refractivity contribution in [2.45, 2.75) is 65.6 Å². The average Bonchev–Trinajstić information content (AvgIpc) is 2.76. The molecule has 0 aromatic carbocycles. The van der Waals surface area contributed by atoms with Crippen LogP contribution >= 0.6 is 0 Å². The minimum atomic E-state index is -0.293. The Bertz CT molecular complexity index is 562. The minimum absolute atomic E-state index is 0.0466. The van der Waals surface area contributed by atoms with Crippen LogP contribution in [0.5, 0.6) is 0 Å². The van der Waals surface area contributed by atoms with Crippen molar-refractivity contribution in [1.82, 2.24) is 0 Å². The molecule has 2 N–H and O–H groups in total. The van der Waals surface area contributed by atoms with Crippen molar-refractivity contribution in [3.05, 3.63) is 23.3 Å². The van der Waals surface area contributed by atoms with Gasteiger partial charge >= 0.3 is 0 Å². The van der Waals surface area contributed by atoms with Crippen LogP contribution < -0.4 is 0 Å². The standard InChI is InChI=1S/C20H30O2/c1-11-5-6-14-12(2)9-16(21)15-10-17(22)19(3)8-7-13(11)18(19)20(14,15)4/h5,7,12,14-18,21-22H,6,8-10H2,1-4H3/t12-,14-,15+,16+,17+,18-,19-,20+/m1/s1. The molecule has 2 saturated carbocycles. The third-order valence-corrected chi connectivity index (χ3v) is 8.09. The molecule has 0 spiro atoms. The van der Waals surface area contributed by atoms with Gasteiger partial charge in [-0.1, -0.05) is 38.5 Å². The molecule has 2 heteroatoms. The van der Waals surface area contributed by atoms with Crippen LogP contribution in [0.25, 0.3) is 0 Å². The monoisotopic (exact) mass is 302 g/mol. The molecule has 0 amide bonds. The molecule has 0 heterocycles. The van der Waals surface area contributed by atoms with Crippen molar-refractivity contribution in [1.29, 1.82) is 0 Å². The third kappa shape index (κ3) is 1.58. The van der Waals surface area contributed by atoms with Crippen LogP contribution in [-0.4, -0.2) is 22.4 Å². The zero-order chi connectivity index (χ0) is 15.9.